The first kappa shape index (κ1) is 15.8. The molecule has 1 aliphatic rings. The summed E-state index contributed by atoms with van der Waals surface area (Å²) in [6.07, 6.45) is 1.47. The van der Waals surface area contributed by atoms with Gasteiger partial charge in [0.25, 0.3) is 0 Å². The lowest BCUT2D eigenvalue weighted by atomic mass is 9.97. The van der Waals surface area contributed by atoms with Gasteiger partial charge >= 0.3 is 5.97 Å². The SMILES string of the molecule is COC(=O)C1CCN(CC(=O)Nc2ccc(Cl)cc2)CC1. The van der Waals surface area contributed by atoms with Gasteiger partial charge in [0, 0.05) is 10.7 Å². The Labute approximate surface area is 129 Å². The molecule has 0 radical (unpaired) electrons. The highest BCUT2D eigenvalue weighted by molar-refractivity contribution is 6.30. The van der Waals surface area contributed by atoms with E-state index in [1.54, 1.807) is 24.3 Å². The number of hydrogen-bond acceptors (Lipinski definition) is 4. The Morgan fingerprint density at radius 2 is 1.90 bits per heavy atom. The van der Waals surface area contributed by atoms with Gasteiger partial charge in [-0.05, 0) is 50.2 Å². The van der Waals surface area contributed by atoms with E-state index in [-0.39, 0.29) is 17.8 Å². The molecule has 114 valence electrons. The molecule has 0 atom stereocenters. The van der Waals surface area contributed by atoms with Crippen molar-refractivity contribution in [2.45, 2.75) is 12.8 Å². The van der Waals surface area contributed by atoms with Gasteiger partial charge in [0.1, 0.15) is 0 Å². The molecule has 1 amide bonds. The molecule has 1 N–H and O–H groups in total. The third-order valence-corrected chi connectivity index (χ3v) is 3.87. The zero-order valence-electron chi connectivity index (χ0n) is 12.0. The van der Waals surface area contributed by atoms with Crippen molar-refractivity contribution in [2.24, 2.45) is 5.92 Å². The van der Waals surface area contributed by atoms with Gasteiger partial charge in [0.05, 0.1) is 19.6 Å². The Bertz CT molecular complexity index is 496. The number of piperidine rings is 1. The molecular weight excluding hydrogens is 292 g/mol. The van der Waals surface area contributed by atoms with Crippen LogP contribution in [0.25, 0.3) is 0 Å². The molecule has 1 aliphatic heterocycles. The maximum atomic E-state index is 12.0. The summed E-state index contributed by atoms with van der Waals surface area (Å²) >= 11 is 5.80. The quantitative estimate of drug-likeness (QED) is 0.866. The van der Waals surface area contributed by atoms with Crippen molar-refractivity contribution in [1.29, 1.82) is 0 Å². The van der Waals surface area contributed by atoms with Gasteiger partial charge in [-0.25, -0.2) is 0 Å². The van der Waals surface area contributed by atoms with Crippen molar-refractivity contribution >= 4 is 29.2 Å². The summed E-state index contributed by atoms with van der Waals surface area (Å²) in [6.45, 7) is 1.79. The van der Waals surface area contributed by atoms with Crippen molar-refractivity contribution in [3.63, 3.8) is 0 Å². The number of hydrogen-bond donors (Lipinski definition) is 1. The molecule has 0 spiro atoms. The van der Waals surface area contributed by atoms with Crippen LogP contribution < -0.4 is 5.32 Å². The topological polar surface area (TPSA) is 58.6 Å². The molecule has 1 saturated heterocycles. The number of amides is 1. The second kappa shape index (κ2) is 7.43. The summed E-state index contributed by atoms with van der Waals surface area (Å²) < 4.78 is 4.75. The molecule has 0 bridgehead atoms. The fourth-order valence-electron chi connectivity index (χ4n) is 2.43. The molecule has 1 aromatic rings. The first-order chi connectivity index (χ1) is 10.1. The number of benzene rings is 1. The standard InChI is InChI=1S/C15H19ClN2O3/c1-21-15(20)11-6-8-18(9-7-11)10-14(19)17-13-4-2-12(16)3-5-13/h2-5,11H,6-10H2,1H3,(H,17,19). The van der Waals surface area contributed by atoms with Crippen LogP contribution in [0.5, 0.6) is 0 Å². The number of esters is 1. The highest BCUT2D eigenvalue weighted by Crippen LogP contribution is 2.18. The van der Waals surface area contributed by atoms with Crippen LogP contribution in [0.4, 0.5) is 5.69 Å². The minimum atomic E-state index is -0.153. The largest absolute Gasteiger partial charge is 0.469 e. The molecule has 5 nitrogen and oxygen atoms in total. The van der Waals surface area contributed by atoms with Gasteiger partial charge in [0.2, 0.25) is 5.91 Å². The van der Waals surface area contributed by atoms with Gasteiger partial charge in [0.15, 0.2) is 0 Å². The average Bonchev–Trinajstić information content (AvgIpc) is 2.49. The number of rotatable bonds is 4. The normalized spacial score (nSPS) is 16.5. The number of anilines is 1. The van der Waals surface area contributed by atoms with Crippen molar-refractivity contribution in [3.05, 3.63) is 29.3 Å². The summed E-state index contributed by atoms with van der Waals surface area (Å²) in [5.41, 5.74) is 0.730. The number of likely N-dealkylation sites (tertiary alicyclic amines) is 1. The molecule has 0 aliphatic carbocycles. The molecule has 2 rings (SSSR count). The van der Waals surface area contributed by atoms with Crippen LogP contribution in [0, 0.1) is 5.92 Å². The molecule has 1 aromatic carbocycles. The molecule has 0 saturated carbocycles. The maximum absolute atomic E-state index is 12.0. The number of nitrogens with zero attached hydrogens (tertiary/aromatic N) is 1. The van der Waals surface area contributed by atoms with E-state index < -0.39 is 0 Å². The lowest BCUT2D eigenvalue weighted by Gasteiger charge is -2.29. The number of halogens is 1. The van der Waals surface area contributed by atoms with Crippen LogP contribution in [-0.4, -0.2) is 43.5 Å². The second-order valence-corrected chi connectivity index (χ2v) is 5.57. The van der Waals surface area contributed by atoms with Crippen molar-refractivity contribution in [1.82, 2.24) is 4.90 Å². The third kappa shape index (κ3) is 4.72. The summed E-state index contributed by atoms with van der Waals surface area (Å²) in [6, 6.07) is 7.01. The molecule has 1 heterocycles. The van der Waals surface area contributed by atoms with Crippen LogP contribution in [0.15, 0.2) is 24.3 Å². The van der Waals surface area contributed by atoms with Crippen LogP contribution >= 0.6 is 11.6 Å². The summed E-state index contributed by atoms with van der Waals surface area (Å²) in [5.74, 6) is -0.250. The van der Waals surface area contributed by atoms with Crippen LogP contribution in [0.1, 0.15) is 12.8 Å². The van der Waals surface area contributed by atoms with E-state index in [0.29, 0.717) is 11.6 Å². The van der Waals surface area contributed by atoms with E-state index in [1.807, 2.05) is 4.90 Å². The Kier molecular flexibility index (Phi) is 5.59. The summed E-state index contributed by atoms with van der Waals surface area (Å²) in [7, 11) is 1.41. The Hall–Kier alpha value is -1.59. The number of carbonyl (C=O) groups is 2. The van der Waals surface area contributed by atoms with E-state index in [1.165, 1.54) is 7.11 Å². The highest BCUT2D eigenvalue weighted by atomic mass is 35.5. The second-order valence-electron chi connectivity index (χ2n) is 5.13. The van der Waals surface area contributed by atoms with Gasteiger partial charge in [-0.2, -0.15) is 0 Å². The lowest BCUT2D eigenvalue weighted by Crippen LogP contribution is -2.41. The minimum Gasteiger partial charge on any atom is -0.469 e. The lowest BCUT2D eigenvalue weighted by molar-refractivity contribution is -0.147. The van der Waals surface area contributed by atoms with E-state index in [2.05, 4.69) is 5.32 Å². The Morgan fingerprint density at radius 1 is 1.29 bits per heavy atom. The molecular formula is C15H19ClN2O3. The highest BCUT2D eigenvalue weighted by Gasteiger charge is 2.26. The van der Waals surface area contributed by atoms with Crippen molar-refractivity contribution < 1.29 is 14.3 Å². The molecule has 6 heteroatoms. The van der Waals surface area contributed by atoms with Crippen LogP contribution in [0.3, 0.4) is 0 Å². The predicted molar refractivity (Wildman–Crippen MR) is 81.3 cm³/mol. The number of carbonyl (C=O) groups excluding carboxylic acids is 2. The fraction of sp³-hybridized carbons (Fsp3) is 0.467. The summed E-state index contributed by atoms with van der Waals surface area (Å²) in [5, 5.41) is 3.47. The fourth-order valence-corrected chi connectivity index (χ4v) is 2.56. The Morgan fingerprint density at radius 3 is 2.48 bits per heavy atom. The van der Waals surface area contributed by atoms with Crippen molar-refractivity contribution in [3.8, 4) is 0 Å². The van der Waals surface area contributed by atoms with Gasteiger partial charge < -0.3 is 10.1 Å². The first-order valence-corrected chi connectivity index (χ1v) is 7.32. The first-order valence-electron chi connectivity index (χ1n) is 6.94. The Balaban J connectivity index is 1.76. The zero-order chi connectivity index (χ0) is 15.2. The van der Waals surface area contributed by atoms with Crippen molar-refractivity contribution in [2.75, 3.05) is 32.1 Å². The minimum absolute atomic E-state index is 0.0365. The van der Waals surface area contributed by atoms with E-state index in [4.69, 9.17) is 16.3 Å². The number of nitrogens with one attached hydrogen (secondary N) is 1. The van der Waals surface area contributed by atoms with Crippen LogP contribution in [-0.2, 0) is 14.3 Å². The molecule has 1 fully saturated rings. The van der Waals surface area contributed by atoms with E-state index >= 15 is 0 Å². The van der Waals surface area contributed by atoms with E-state index in [9.17, 15) is 9.59 Å². The maximum Gasteiger partial charge on any atom is 0.308 e. The zero-order valence-corrected chi connectivity index (χ0v) is 12.7. The molecule has 21 heavy (non-hydrogen) atoms. The number of methoxy groups -OCH3 is 1. The van der Waals surface area contributed by atoms with Crippen LogP contribution in [0.2, 0.25) is 5.02 Å². The summed E-state index contributed by atoms with van der Waals surface area (Å²) in [4.78, 5) is 25.4. The third-order valence-electron chi connectivity index (χ3n) is 3.62. The predicted octanol–water partition coefficient (Wildman–Crippen LogP) is 2.16. The molecule has 0 unspecified atom stereocenters. The molecule has 0 aromatic heterocycles. The van der Waals surface area contributed by atoms with E-state index in [0.717, 1.165) is 31.6 Å². The smallest absolute Gasteiger partial charge is 0.308 e. The van der Waals surface area contributed by atoms with Gasteiger partial charge in [-0.3, -0.25) is 14.5 Å². The van der Waals surface area contributed by atoms with Gasteiger partial charge in [-0.15, -0.1) is 0 Å². The average molecular weight is 311 g/mol. The van der Waals surface area contributed by atoms with Gasteiger partial charge in [-0.1, -0.05) is 11.6 Å². The number of ether oxygens (including phenoxy) is 1. The monoisotopic (exact) mass is 310 g/mol.